The van der Waals surface area contributed by atoms with Crippen molar-refractivity contribution in [3.05, 3.63) is 0 Å². The minimum Gasteiger partial charge on any atom is -0.302 e. The zero-order valence-corrected chi connectivity index (χ0v) is 13.4. The normalized spacial score (nSPS) is 23.3. The molecule has 116 valence electrons. The summed E-state index contributed by atoms with van der Waals surface area (Å²) in [4.78, 5) is 32.3. The van der Waals surface area contributed by atoms with Crippen LogP contribution in [0.15, 0.2) is 4.99 Å². The summed E-state index contributed by atoms with van der Waals surface area (Å²) in [6.45, 7) is 7.56. The summed E-state index contributed by atoms with van der Waals surface area (Å²) in [5.74, 6) is -1.44. The van der Waals surface area contributed by atoms with Crippen LogP contribution in [0, 0.1) is 5.92 Å². The molecule has 0 spiro atoms. The van der Waals surface area contributed by atoms with Crippen LogP contribution in [-0.2, 0) is 9.59 Å². The highest BCUT2D eigenvalue weighted by Crippen LogP contribution is 2.29. The van der Waals surface area contributed by atoms with Crippen molar-refractivity contribution < 1.29 is 9.59 Å². The van der Waals surface area contributed by atoms with Crippen LogP contribution >= 0.6 is 12.2 Å². The molecule has 1 N–H and O–H groups in total. The van der Waals surface area contributed by atoms with Crippen LogP contribution in [0.4, 0.5) is 0 Å². The average molecular weight is 310 g/mol. The molecule has 1 unspecified atom stereocenters. The van der Waals surface area contributed by atoms with Gasteiger partial charge in [-0.1, -0.05) is 13.8 Å². The highest BCUT2D eigenvalue weighted by atomic mass is 32.1. The quantitative estimate of drug-likeness (QED) is 0.420. The van der Waals surface area contributed by atoms with Gasteiger partial charge in [0.05, 0.1) is 6.54 Å². The molecule has 0 aromatic carbocycles. The Bertz CT molecular complexity index is 458. The fourth-order valence-electron chi connectivity index (χ4n) is 2.33. The molecule has 2 amide bonds. The smallest absolute Gasteiger partial charge is 0.247 e. The standard InChI is InChI=1S/C14H22N4O2S/c1-3-17(4-2)8-7-15-9-11-12(19)16-14(21)18(13(11)20)10-5-6-10/h9-11H,3-8H2,1-2H3,(H,16,19,21). The Morgan fingerprint density at radius 2 is 2.05 bits per heavy atom. The summed E-state index contributed by atoms with van der Waals surface area (Å²) >= 11 is 5.07. The van der Waals surface area contributed by atoms with Crippen LogP contribution in [0.25, 0.3) is 0 Å². The first-order valence-corrected chi connectivity index (χ1v) is 7.89. The van der Waals surface area contributed by atoms with Gasteiger partial charge in [-0.3, -0.25) is 19.5 Å². The van der Waals surface area contributed by atoms with E-state index in [1.165, 1.54) is 11.1 Å². The molecule has 1 saturated carbocycles. The number of amides is 2. The van der Waals surface area contributed by atoms with Gasteiger partial charge in [0.15, 0.2) is 11.0 Å². The van der Waals surface area contributed by atoms with Crippen molar-refractivity contribution in [2.45, 2.75) is 32.7 Å². The lowest BCUT2D eigenvalue weighted by molar-refractivity contribution is -0.138. The van der Waals surface area contributed by atoms with E-state index >= 15 is 0 Å². The van der Waals surface area contributed by atoms with E-state index in [4.69, 9.17) is 12.2 Å². The number of rotatable bonds is 7. The summed E-state index contributed by atoms with van der Waals surface area (Å²) in [5, 5.41) is 2.84. The van der Waals surface area contributed by atoms with Gasteiger partial charge in [0.2, 0.25) is 11.8 Å². The van der Waals surface area contributed by atoms with Crippen molar-refractivity contribution in [3.8, 4) is 0 Å². The van der Waals surface area contributed by atoms with Crippen molar-refractivity contribution in [3.63, 3.8) is 0 Å². The highest BCUT2D eigenvalue weighted by molar-refractivity contribution is 7.80. The lowest BCUT2D eigenvalue weighted by atomic mass is 10.1. The maximum atomic E-state index is 12.3. The Hall–Kier alpha value is -1.34. The second-order valence-corrected chi connectivity index (χ2v) is 5.68. The minimum absolute atomic E-state index is 0.164. The minimum atomic E-state index is -0.839. The topological polar surface area (TPSA) is 65.0 Å². The molecule has 1 atom stereocenters. The first-order valence-electron chi connectivity index (χ1n) is 7.48. The summed E-state index contributed by atoms with van der Waals surface area (Å²) in [6.07, 6.45) is 3.37. The van der Waals surface area contributed by atoms with E-state index in [0.29, 0.717) is 6.54 Å². The largest absolute Gasteiger partial charge is 0.302 e. The van der Waals surface area contributed by atoms with E-state index in [9.17, 15) is 9.59 Å². The van der Waals surface area contributed by atoms with Gasteiger partial charge in [-0.25, -0.2) is 0 Å². The van der Waals surface area contributed by atoms with Gasteiger partial charge in [-0.2, -0.15) is 0 Å². The molecule has 1 saturated heterocycles. The number of hydrogen-bond acceptors (Lipinski definition) is 5. The Labute approximate surface area is 130 Å². The second kappa shape index (κ2) is 7.09. The average Bonchev–Trinajstić information content (AvgIpc) is 3.26. The molecule has 1 aliphatic heterocycles. The number of thiocarbonyl (C=S) groups is 1. The third-order valence-electron chi connectivity index (χ3n) is 3.84. The van der Waals surface area contributed by atoms with E-state index < -0.39 is 5.92 Å². The van der Waals surface area contributed by atoms with Gasteiger partial charge >= 0.3 is 0 Å². The molecule has 2 aliphatic rings. The second-order valence-electron chi connectivity index (χ2n) is 5.29. The van der Waals surface area contributed by atoms with E-state index in [1.807, 2.05) is 0 Å². The van der Waals surface area contributed by atoms with Gasteiger partial charge in [0.25, 0.3) is 0 Å². The SMILES string of the molecule is CCN(CC)CCN=CC1C(=O)NC(=S)N(C2CC2)C1=O. The molecule has 2 fully saturated rings. The summed E-state index contributed by atoms with van der Waals surface area (Å²) in [6, 6.07) is 0.164. The predicted octanol–water partition coefficient (Wildman–Crippen LogP) is 0.421. The molecule has 2 rings (SSSR count). The van der Waals surface area contributed by atoms with Crippen molar-refractivity contribution in [2.75, 3.05) is 26.2 Å². The van der Waals surface area contributed by atoms with Crippen LogP contribution in [-0.4, -0.2) is 65.2 Å². The first-order chi connectivity index (χ1) is 10.1. The third-order valence-corrected chi connectivity index (χ3v) is 4.14. The molecular weight excluding hydrogens is 288 g/mol. The molecule has 0 radical (unpaired) electrons. The lowest BCUT2D eigenvalue weighted by Crippen LogP contribution is -2.58. The van der Waals surface area contributed by atoms with Gasteiger partial charge in [-0.05, 0) is 38.1 Å². The molecule has 0 aromatic heterocycles. The van der Waals surface area contributed by atoms with Crippen LogP contribution in [0.1, 0.15) is 26.7 Å². The lowest BCUT2D eigenvalue weighted by Gasteiger charge is -2.30. The Balaban J connectivity index is 1.93. The number of nitrogens with one attached hydrogen (secondary N) is 1. The Kier molecular flexibility index (Phi) is 5.41. The van der Waals surface area contributed by atoms with E-state index in [2.05, 4.69) is 29.1 Å². The number of nitrogens with zero attached hydrogens (tertiary/aromatic N) is 3. The van der Waals surface area contributed by atoms with Crippen LogP contribution in [0.3, 0.4) is 0 Å². The molecule has 1 aliphatic carbocycles. The fourth-order valence-corrected chi connectivity index (χ4v) is 2.67. The molecule has 6 nitrogen and oxygen atoms in total. The van der Waals surface area contributed by atoms with Crippen LogP contribution < -0.4 is 5.32 Å². The molecule has 0 bridgehead atoms. The Morgan fingerprint density at radius 1 is 1.38 bits per heavy atom. The number of carbonyl (C=O) groups is 2. The number of aliphatic imine (C=N–C) groups is 1. The van der Waals surface area contributed by atoms with Crippen LogP contribution in [0.2, 0.25) is 0 Å². The maximum Gasteiger partial charge on any atom is 0.247 e. The number of carbonyl (C=O) groups excluding carboxylic acids is 2. The summed E-state index contributed by atoms with van der Waals surface area (Å²) < 4.78 is 0. The molecule has 0 aromatic rings. The van der Waals surface area contributed by atoms with Gasteiger partial charge < -0.3 is 10.2 Å². The molecular formula is C14H22N4O2S. The van der Waals surface area contributed by atoms with Crippen molar-refractivity contribution >= 4 is 35.4 Å². The van der Waals surface area contributed by atoms with Crippen LogP contribution in [0.5, 0.6) is 0 Å². The summed E-state index contributed by atoms with van der Waals surface area (Å²) in [5.41, 5.74) is 0. The fraction of sp³-hybridized carbons (Fsp3) is 0.714. The molecule has 21 heavy (non-hydrogen) atoms. The number of likely N-dealkylation sites (N-methyl/N-ethyl adjacent to an activating group) is 1. The molecule has 7 heteroatoms. The zero-order valence-electron chi connectivity index (χ0n) is 12.5. The number of hydrogen-bond donors (Lipinski definition) is 1. The monoisotopic (exact) mass is 310 g/mol. The van der Waals surface area contributed by atoms with E-state index in [-0.39, 0.29) is 23.0 Å². The Morgan fingerprint density at radius 3 is 2.62 bits per heavy atom. The predicted molar refractivity (Wildman–Crippen MR) is 85.2 cm³/mol. The zero-order chi connectivity index (χ0) is 15.4. The third kappa shape index (κ3) is 3.85. The summed E-state index contributed by atoms with van der Waals surface area (Å²) in [7, 11) is 0. The first kappa shape index (κ1) is 16.0. The van der Waals surface area contributed by atoms with Crippen molar-refractivity contribution in [1.29, 1.82) is 0 Å². The van der Waals surface area contributed by atoms with Gasteiger partial charge in [-0.15, -0.1) is 0 Å². The maximum absolute atomic E-state index is 12.3. The van der Waals surface area contributed by atoms with Gasteiger partial charge in [0.1, 0.15) is 0 Å². The van der Waals surface area contributed by atoms with Crippen molar-refractivity contribution in [2.24, 2.45) is 10.9 Å². The van der Waals surface area contributed by atoms with Gasteiger partial charge in [0, 0.05) is 18.8 Å². The highest BCUT2D eigenvalue weighted by Gasteiger charge is 2.44. The van der Waals surface area contributed by atoms with E-state index in [0.717, 1.165) is 32.5 Å². The van der Waals surface area contributed by atoms with E-state index in [1.54, 1.807) is 0 Å². The van der Waals surface area contributed by atoms with Crippen molar-refractivity contribution in [1.82, 2.24) is 15.1 Å². The molecule has 1 heterocycles.